The van der Waals surface area contributed by atoms with Crippen LogP contribution in [0.1, 0.15) is 0 Å². The minimum atomic E-state index is 0.136. The minimum Gasteiger partial charge on any atom is -0.437 e. The Morgan fingerprint density at radius 2 is 2.00 bits per heavy atom. The van der Waals surface area contributed by atoms with Crippen LogP contribution in [-0.4, -0.2) is 14.6 Å². The maximum atomic E-state index is 5.86. The van der Waals surface area contributed by atoms with E-state index < -0.39 is 0 Å². The summed E-state index contributed by atoms with van der Waals surface area (Å²) in [5.41, 5.74) is 0.745. The molecular weight excluding hydrogens is 318 g/mol. The number of para-hydroxylation sites is 1. The van der Waals surface area contributed by atoms with Crippen LogP contribution < -0.4 is 4.74 Å². The van der Waals surface area contributed by atoms with Crippen molar-refractivity contribution in [2.24, 2.45) is 0 Å². The largest absolute Gasteiger partial charge is 0.437 e. The first-order valence-electron chi connectivity index (χ1n) is 5.17. The van der Waals surface area contributed by atoms with E-state index in [1.165, 1.54) is 0 Å². The molecule has 3 aromatic rings. The number of nitrogens with zero attached hydrogens (tertiary/aromatic N) is 3. The van der Waals surface area contributed by atoms with Gasteiger partial charge in [0.15, 0.2) is 0 Å². The van der Waals surface area contributed by atoms with Crippen LogP contribution in [0.5, 0.6) is 11.6 Å². The van der Waals surface area contributed by atoms with Crippen LogP contribution in [0.3, 0.4) is 0 Å². The summed E-state index contributed by atoms with van der Waals surface area (Å²) in [6, 6.07) is 11.3. The summed E-state index contributed by atoms with van der Waals surface area (Å²) < 4.78 is 8.22. The molecule has 0 unspecified atom stereocenters. The van der Waals surface area contributed by atoms with Crippen molar-refractivity contribution in [3.05, 3.63) is 52.4 Å². The lowest BCUT2D eigenvalue weighted by Gasteiger charge is -2.06. The number of rotatable bonds is 2. The molecule has 0 aliphatic rings. The van der Waals surface area contributed by atoms with Crippen LogP contribution in [0.2, 0.25) is 5.28 Å². The zero-order chi connectivity index (χ0) is 12.5. The van der Waals surface area contributed by atoms with Gasteiger partial charge in [0, 0.05) is 10.7 Å². The molecule has 1 aromatic carbocycles. The van der Waals surface area contributed by atoms with Gasteiger partial charge >= 0.3 is 0 Å². The van der Waals surface area contributed by atoms with E-state index in [-0.39, 0.29) is 5.28 Å². The zero-order valence-electron chi connectivity index (χ0n) is 9.05. The molecule has 2 heterocycles. The fourth-order valence-corrected chi connectivity index (χ4v) is 2.16. The third-order valence-corrected chi connectivity index (χ3v) is 2.92. The van der Waals surface area contributed by atoms with E-state index >= 15 is 0 Å². The van der Waals surface area contributed by atoms with E-state index in [0.29, 0.717) is 11.6 Å². The SMILES string of the molecule is Clc1nc(Oc2ccccc2)c2cc(Br)cn2n1. The van der Waals surface area contributed by atoms with Crippen LogP contribution in [-0.2, 0) is 0 Å². The molecule has 18 heavy (non-hydrogen) atoms. The smallest absolute Gasteiger partial charge is 0.248 e. The van der Waals surface area contributed by atoms with Crippen LogP contribution in [0, 0.1) is 0 Å². The number of benzene rings is 1. The van der Waals surface area contributed by atoms with Crippen molar-refractivity contribution in [3.8, 4) is 11.6 Å². The van der Waals surface area contributed by atoms with Crippen molar-refractivity contribution in [2.45, 2.75) is 0 Å². The van der Waals surface area contributed by atoms with Crippen molar-refractivity contribution >= 4 is 33.0 Å². The molecule has 2 aromatic heterocycles. The van der Waals surface area contributed by atoms with Crippen molar-refractivity contribution < 1.29 is 4.74 Å². The molecule has 0 amide bonds. The Bertz CT molecular complexity index is 699. The minimum absolute atomic E-state index is 0.136. The van der Waals surface area contributed by atoms with Gasteiger partial charge in [-0.05, 0) is 45.7 Å². The lowest BCUT2D eigenvalue weighted by molar-refractivity contribution is 0.463. The first kappa shape index (κ1) is 11.5. The van der Waals surface area contributed by atoms with Gasteiger partial charge in [-0.25, -0.2) is 4.52 Å². The lowest BCUT2D eigenvalue weighted by Crippen LogP contribution is -1.97. The molecule has 0 atom stereocenters. The molecule has 0 saturated heterocycles. The summed E-state index contributed by atoms with van der Waals surface area (Å²) in [6.07, 6.45) is 1.79. The van der Waals surface area contributed by atoms with Crippen LogP contribution in [0.4, 0.5) is 0 Å². The Balaban J connectivity index is 2.10. The number of halogens is 2. The Kier molecular flexibility index (Phi) is 2.93. The number of aromatic nitrogens is 3. The molecule has 0 bridgehead atoms. The molecule has 0 saturated carbocycles. The van der Waals surface area contributed by atoms with Gasteiger partial charge in [0.1, 0.15) is 11.3 Å². The summed E-state index contributed by atoms with van der Waals surface area (Å²) in [4.78, 5) is 4.10. The highest BCUT2D eigenvalue weighted by molar-refractivity contribution is 9.10. The standard InChI is InChI=1S/C12H7BrClN3O/c13-8-6-10-11(15-12(14)16-17(10)7-8)18-9-4-2-1-3-5-9/h1-7H. The molecule has 0 radical (unpaired) electrons. The van der Waals surface area contributed by atoms with Crippen molar-refractivity contribution in [3.63, 3.8) is 0 Å². The number of ether oxygens (including phenoxy) is 1. The van der Waals surface area contributed by atoms with E-state index in [4.69, 9.17) is 16.3 Å². The van der Waals surface area contributed by atoms with E-state index in [1.54, 1.807) is 10.7 Å². The predicted octanol–water partition coefficient (Wildman–Crippen LogP) is 3.94. The van der Waals surface area contributed by atoms with Gasteiger partial charge in [0.2, 0.25) is 11.2 Å². The Hall–Kier alpha value is -1.59. The average Bonchev–Trinajstić information content (AvgIpc) is 2.71. The average molecular weight is 325 g/mol. The number of hydrogen-bond donors (Lipinski definition) is 0. The maximum absolute atomic E-state index is 5.86. The molecule has 0 aliphatic heterocycles. The van der Waals surface area contributed by atoms with Crippen molar-refractivity contribution in [1.29, 1.82) is 0 Å². The highest BCUT2D eigenvalue weighted by atomic mass is 79.9. The first-order valence-corrected chi connectivity index (χ1v) is 6.34. The van der Waals surface area contributed by atoms with Crippen molar-refractivity contribution in [2.75, 3.05) is 0 Å². The second-order valence-electron chi connectivity index (χ2n) is 3.59. The summed E-state index contributed by atoms with van der Waals surface area (Å²) in [5.74, 6) is 1.12. The monoisotopic (exact) mass is 323 g/mol. The second-order valence-corrected chi connectivity index (χ2v) is 4.84. The third kappa shape index (κ3) is 2.19. The molecule has 0 spiro atoms. The van der Waals surface area contributed by atoms with Gasteiger partial charge in [-0.1, -0.05) is 18.2 Å². The Labute approximate surface area is 116 Å². The number of fused-ring (bicyclic) bond motifs is 1. The fraction of sp³-hybridized carbons (Fsp3) is 0. The zero-order valence-corrected chi connectivity index (χ0v) is 11.4. The molecule has 0 N–H and O–H groups in total. The summed E-state index contributed by atoms with van der Waals surface area (Å²) in [7, 11) is 0. The van der Waals surface area contributed by atoms with Gasteiger partial charge in [0.25, 0.3) is 0 Å². The molecule has 4 nitrogen and oxygen atoms in total. The van der Waals surface area contributed by atoms with Gasteiger partial charge in [-0.15, -0.1) is 5.10 Å². The molecule has 0 aliphatic carbocycles. The second kappa shape index (κ2) is 4.59. The van der Waals surface area contributed by atoms with Crippen LogP contribution in [0.25, 0.3) is 5.52 Å². The fourth-order valence-electron chi connectivity index (χ4n) is 1.59. The lowest BCUT2D eigenvalue weighted by atomic mass is 10.3. The van der Waals surface area contributed by atoms with E-state index in [1.807, 2.05) is 36.4 Å². The maximum Gasteiger partial charge on any atom is 0.248 e. The van der Waals surface area contributed by atoms with Crippen LogP contribution in [0.15, 0.2) is 47.1 Å². The quantitative estimate of drug-likeness (QED) is 0.717. The van der Waals surface area contributed by atoms with E-state index in [9.17, 15) is 0 Å². The Morgan fingerprint density at radius 1 is 1.22 bits per heavy atom. The molecule has 6 heteroatoms. The van der Waals surface area contributed by atoms with Gasteiger partial charge < -0.3 is 4.74 Å². The summed E-state index contributed by atoms with van der Waals surface area (Å²) >= 11 is 9.24. The Morgan fingerprint density at radius 3 is 2.78 bits per heavy atom. The number of hydrogen-bond acceptors (Lipinski definition) is 3. The summed E-state index contributed by atoms with van der Waals surface area (Å²) in [6.45, 7) is 0. The van der Waals surface area contributed by atoms with E-state index in [0.717, 1.165) is 9.99 Å². The molecule has 90 valence electrons. The topological polar surface area (TPSA) is 39.4 Å². The van der Waals surface area contributed by atoms with Crippen LogP contribution >= 0.6 is 27.5 Å². The van der Waals surface area contributed by atoms with Gasteiger partial charge in [0.05, 0.1) is 0 Å². The normalized spacial score (nSPS) is 10.8. The predicted molar refractivity (Wildman–Crippen MR) is 72.2 cm³/mol. The molecule has 0 fully saturated rings. The highest BCUT2D eigenvalue weighted by Gasteiger charge is 2.10. The van der Waals surface area contributed by atoms with Crippen molar-refractivity contribution in [1.82, 2.24) is 14.6 Å². The first-order chi connectivity index (χ1) is 8.72. The van der Waals surface area contributed by atoms with E-state index in [2.05, 4.69) is 26.0 Å². The third-order valence-electron chi connectivity index (χ3n) is 2.33. The van der Waals surface area contributed by atoms with Gasteiger partial charge in [-0.2, -0.15) is 4.98 Å². The summed E-state index contributed by atoms with van der Waals surface area (Å²) in [5, 5.41) is 4.20. The highest BCUT2D eigenvalue weighted by Crippen LogP contribution is 2.27. The molecule has 3 rings (SSSR count). The van der Waals surface area contributed by atoms with Gasteiger partial charge in [-0.3, -0.25) is 0 Å². The molecular formula is C12H7BrClN3O.